The molecular formula is C21H20N2O3. The average Bonchev–Trinajstić information content (AvgIpc) is 3.29. The molecule has 26 heavy (non-hydrogen) atoms. The van der Waals surface area contributed by atoms with E-state index in [0.717, 1.165) is 34.2 Å². The second-order valence-corrected chi connectivity index (χ2v) is 6.86. The third-order valence-electron chi connectivity index (χ3n) is 5.18. The van der Waals surface area contributed by atoms with Gasteiger partial charge in [-0.25, -0.2) is 0 Å². The number of aromatic amines is 1. The van der Waals surface area contributed by atoms with Crippen molar-refractivity contribution in [1.82, 2.24) is 9.88 Å². The summed E-state index contributed by atoms with van der Waals surface area (Å²) in [4.78, 5) is 18.0. The molecule has 0 radical (unpaired) electrons. The molecule has 0 aliphatic carbocycles. The lowest BCUT2D eigenvalue weighted by molar-refractivity contribution is 0.238. The van der Waals surface area contributed by atoms with Gasteiger partial charge in [0.1, 0.15) is 23.5 Å². The van der Waals surface area contributed by atoms with Crippen LogP contribution in [0.3, 0.4) is 0 Å². The number of rotatable bonds is 4. The fourth-order valence-corrected chi connectivity index (χ4v) is 3.86. The number of nitrogens with one attached hydrogen (secondary N) is 1. The number of para-hydroxylation sites is 1. The highest BCUT2D eigenvalue weighted by Crippen LogP contribution is 2.31. The molecule has 5 heteroatoms. The van der Waals surface area contributed by atoms with Crippen molar-refractivity contribution >= 4 is 32.8 Å². The summed E-state index contributed by atoms with van der Waals surface area (Å²) in [5, 5.41) is 2.34. The van der Waals surface area contributed by atoms with Crippen LogP contribution in [0.25, 0.3) is 32.8 Å². The number of fused-ring (bicyclic) bond motifs is 5. The van der Waals surface area contributed by atoms with Crippen molar-refractivity contribution in [1.29, 1.82) is 0 Å². The maximum absolute atomic E-state index is 12.6. The maximum atomic E-state index is 12.6. The van der Waals surface area contributed by atoms with Gasteiger partial charge in [0.2, 0.25) is 0 Å². The summed E-state index contributed by atoms with van der Waals surface area (Å²) in [6.45, 7) is 3.93. The zero-order valence-corrected chi connectivity index (χ0v) is 14.5. The van der Waals surface area contributed by atoms with Crippen molar-refractivity contribution in [2.24, 2.45) is 0 Å². The zero-order chi connectivity index (χ0) is 17.5. The van der Waals surface area contributed by atoms with Crippen LogP contribution in [0.2, 0.25) is 0 Å². The van der Waals surface area contributed by atoms with E-state index < -0.39 is 0 Å². The Morgan fingerprint density at radius 1 is 1.08 bits per heavy atom. The number of hydrogen-bond acceptors (Lipinski definition) is 4. The number of benzene rings is 2. The smallest absolute Gasteiger partial charge is 0.260 e. The van der Waals surface area contributed by atoms with E-state index in [9.17, 15) is 4.79 Å². The Labute approximate surface area is 150 Å². The molecule has 4 aromatic rings. The Bertz CT molecular complexity index is 1150. The largest absolute Gasteiger partial charge is 0.492 e. The first kappa shape index (κ1) is 15.5. The lowest BCUT2D eigenvalue weighted by Crippen LogP contribution is -2.25. The van der Waals surface area contributed by atoms with E-state index in [-0.39, 0.29) is 5.56 Å². The summed E-state index contributed by atoms with van der Waals surface area (Å²) >= 11 is 0. The summed E-state index contributed by atoms with van der Waals surface area (Å²) in [7, 11) is 0. The van der Waals surface area contributed by atoms with Gasteiger partial charge in [0, 0.05) is 23.4 Å². The van der Waals surface area contributed by atoms with E-state index in [2.05, 4.69) is 9.88 Å². The van der Waals surface area contributed by atoms with Gasteiger partial charge in [-0.2, -0.15) is 0 Å². The van der Waals surface area contributed by atoms with E-state index >= 15 is 0 Å². The van der Waals surface area contributed by atoms with Gasteiger partial charge < -0.3 is 14.1 Å². The summed E-state index contributed by atoms with van der Waals surface area (Å²) in [5.41, 5.74) is 1.96. The van der Waals surface area contributed by atoms with E-state index in [4.69, 9.17) is 9.15 Å². The van der Waals surface area contributed by atoms with E-state index in [0.29, 0.717) is 17.6 Å². The topological polar surface area (TPSA) is 58.5 Å². The van der Waals surface area contributed by atoms with Crippen molar-refractivity contribution < 1.29 is 9.15 Å². The normalized spacial score (nSPS) is 15.4. The molecule has 1 N–H and O–H groups in total. The molecular weight excluding hydrogens is 328 g/mol. The van der Waals surface area contributed by atoms with Crippen molar-refractivity contribution in [3.8, 4) is 5.75 Å². The number of hydrogen-bond donors (Lipinski definition) is 1. The van der Waals surface area contributed by atoms with E-state index in [1.54, 1.807) is 0 Å². The predicted octanol–water partition coefficient (Wildman–Crippen LogP) is 3.90. The maximum Gasteiger partial charge on any atom is 0.260 e. The molecule has 1 saturated heterocycles. The molecule has 5 nitrogen and oxygen atoms in total. The second kappa shape index (κ2) is 6.18. The Morgan fingerprint density at radius 2 is 1.92 bits per heavy atom. The molecule has 0 amide bonds. The first-order valence-electron chi connectivity index (χ1n) is 9.12. The Hall–Kier alpha value is -2.79. The molecule has 0 bridgehead atoms. The molecule has 0 saturated carbocycles. The minimum absolute atomic E-state index is 0.133. The number of nitrogens with zero attached hydrogens (tertiary/aromatic N) is 1. The molecule has 1 aliphatic heterocycles. The second-order valence-electron chi connectivity index (χ2n) is 6.86. The fourth-order valence-electron chi connectivity index (χ4n) is 3.86. The van der Waals surface area contributed by atoms with Crippen LogP contribution in [-0.4, -0.2) is 36.1 Å². The number of H-pyrrole nitrogens is 1. The summed E-state index contributed by atoms with van der Waals surface area (Å²) in [5.74, 6) is 0.766. The van der Waals surface area contributed by atoms with E-state index in [1.165, 1.54) is 25.9 Å². The van der Waals surface area contributed by atoms with Gasteiger partial charge in [-0.05, 0) is 44.1 Å². The Kier molecular flexibility index (Phi) is 3.68. The summed E-state index contributed by atoms with van der Waals surface area (Å²) in [6.07, 6.45) is 2.56. The van der Waals surface area contributed by atoms with Crippen molar-refractivity contribution in [3.63, 3.8) is 0 Å². The third-order valence-corrected chi connectivity index (χ3v) is 5.18. The standard InChI is InChI=1S/C21H20N2O3/c24-21-19-16-5-1-2-6-18(16)26-20(19)15-8-7-14(13-17(15)22-21)25-12-11-23-9-3-4-10-23/h1-2,5-8,13H,3-4,9-12H2,(H,22,24). The van der Waals surface area contributed by atoms with Gasteiger partial charge in [0.25, 0.3) is 5.56 Å². The minimum atomic E-state index is -0.133. The van der Waals surface area contributed by atoms with E-state index in [1.807, 2.05) is 42.5 Å². The first-order valence-corrected chi connectivity index (χ1v) is 9.12. The third kappa shape index (κ3) is 2.56. The van der Waals surface area contributed by atoms with Gasteiger partial charge in [-0.1, -0.05) is 18.2 Å². The molecule has 1 aliphatic rings. The lowest BCUT2D eigenvalue weighted by atomic mass is 10.1. The van der Waals surface area contributed by atoms with Crippen molar-refractivity contribution in [2.75, 3.05) is 26.2 Å². The number of ether oxygens (including phenoxy) is 1. The van der Waals surface area contributed by atoms with Crippen molar-refractivity contribution in [2.45, 2.75) is 12.8 Å². The summed E-state index contributed by atoms with van der Waals surface area (Å²) in [6, 6.07) is 13.4. The summed E-state index contributed by atoms with van der Waals surface area (Å²) < 4.78 is 11.9. The zero-order valence-electron chi connectivity index (χ0n) is 14.5. The predicted molar refractivity (Wildman–Crippen MR) is 103 cm³/mol. The highest BCUT2D eigenvalue weighted by atomic mass is 16.5. The van der Waals surface area contributed by atoms with Gasteiger partial charge in [-0.3, -0.25) is 9.69 Å². The van der Waals surface area contributed by atoms with Crippen LogP contribution in [-0.2, 0) is 0 Å². The quantitative estimate of drug-likeness (QED) is 0.608. The fraction of sp³-hybridized carbons (Fsp3) is 0.286. The molecule has 1 fully saturated rings. The monoisotopic (exact) mass is 348 g/mol. The first-order chi connectivity index (χ1) is 12.8. The van der Waals surface area contributed by atoms with Crippen LogP contribution in [0.1, 0.15) is 12.8 Å². The van der Waals surface area contributed by atoms with Crippen LogP contribution < -0.4 is 10.3 Å². The molecule has 0 spiro atoms. The highest BCUT2D eigenvalue weighted by molar-refractivity contribution is 6.13. The van der Waals surface area contributed by atoms with Gasteiger partial charge in [0.15, 0.2) is 0 Å². The Morgan fingerprint density at radius 3 is 2.81 bits per heavy atom. The molecule has 0 atom stereocenters. The van der Waals surface area contributed by atoms with Crippen LogP contribution in [0, 0.1) is 0 Å². The van der Waals surface area contributed by atoms with Crippen LogP contribution in [0.15, 0.2) is 51.7 Å². The molecule has 3 heterocycles. The number of furan rings is 1. The molecule has 0 unspecified atom stereocenters. The van der Waals surface area contributed by atoms with Crippen molar-refractivity contribution in [3.05, 3.63) is 52.8 Å². The number of likely N-dealkylation sites (tertiary alicyclic amines) is 1. The van der Waals surface area contributed by atoms with Gasteiger partial charge in [0.05, 0.1) is 10.9 Å². The van der Waals surface area contributed by atoms with Crippen LogP contribution >= 0.6 is 0 Å². The molecule has 5 rings (SSSR count). The number of aromatic nitrogens is 1. The minimum Gasteiger partial charge on any atom is -0.492 e. The molecule has 132 valence electrons. The molecule has 2 aromatic heterocycles. The number of pyridine rings is 1. The lowest BCUT2D eigenvalue weighted by Gasteiger charge is -2.15. The average molecular weight is 348 g/mol. The van der Waals surface area contributed by atoms with Crippen LogP contribution in [0.5, 0.6) is 5.75 Å². The van der Waals surface area contributed by atoms with Crippen LogP contribution in [0.4, 0.5) is 0 Å². The van der Waals surface area contributed by atoms with Gasteiger partial charge >= 0.3 is 0 Å². The highest BCUT2D eigenvalue weighted by Gasteiger charge is 2.15. The Balaban J connectivity index is 1.51. The SMILES string of the molecule is O=c1[nH]c2cc(OCCN3CCCC3)ccc2c2oc3ccccc3c12. The molecule has 2 aromatic carbocycles. The van der Waals surface area contributed by atoms with Gasteiger partial charge in [-0.15, -0.1) is 0 Å².